The van der Waals surface area contributed by atoms with Crippen molar-refractivity contribution in [1.82, 2.24) is 0 Å². The van der Waals surface area contributed by atoms with Crippen molar-refractivity contribution in [3.8, 4) is 0 Å². The summed E-state index contributed by atoms with van der Waals surface area (Å²) in [6.07, 6.45) is -4.53. The lowest BCUT2D eigenvalue weighted by atomic mass is 10.2. The molecule has 0 aliphatic heterocycles. The van der Waals surface area contributed by atoms with Crippen molar-refractivity contribution in [2.45, 2.75) is 6.18 Å². The molecule has 1 aromatic rings. The largest absolute Gasteiger partial charge is 0.422 e. The van der Waals surface area contributed by atoms with E-state index < -0.39 is 16.8 Å². The van der Waals surface area contributed by atoms with E-state index in [1.807, 2.05) is 0 Å². The van der Waals surface area contributed by atoms with Crippen LogP contribution in [0, 0.1) is 0 Å². The molecule has 0 bridgehead atoms. The predicted molar refractivity (Wildman–Crippen MR) is 46.9 cm³/mol. The number of nitrogens with zero attached hydrogens (tertiary/aromatic N) is 2. The maximum absolute atomic E-state index is 12.3. The second kappa shape index (κ2) is 3.82. The smallest absolute Gasteiger partial charge is 0.417 e. The fourth-order valence-corrected chi connectivity index (χ4v) is 1.08. The highest BCUT2D eigenvalue weighted by molar-refractivity contribution is 6.31. The first-order valence-electron chi connectivity index (χ1n) is 3.41. The Bertz CT molecular complexity index is 394. The summed E-state index contributed by atoms with van der Waals surface area (Å²) in [6, 6.07) is 4.42. The summed E-state index contributed by atoms with van der Waals surface area (Å²) in [5.41, 5.74) is -1.06. The van der Waals surface area contributed by atoms with Crippen LogP contribution in [-0.4, -0.2) is 6.01 Å². The number of benzene rings is 1. The monoisotopic (exact) mass is 219 g/mol. The van der Waals surface area contributed by atoms with E-state index in [4.69, 9.17) is 17.0 Å². The third-order valence-electron chi connectivity index (χ3n) is 1.43. The first-order valence-corrected chi connectivity index (χ1v) is 3.79. The first kappa shape index (κ1) is 10.8. The zero-order chi connectivity index (χ0) is 10.8. The Kier molecular flexibility index (Phi) is 2.93. The second-order valence-corrected chi connectivity index (χ2v) is 2.78. The molecule has 6 heteroatoms. The number of halogens is 4. The van der Waals surface area contributed by atoms with E-state index in [9.17, 15) is 13.2 Å². The van der Waals surface area contributed by atoms with Crippen LogP contribution < -0.4 is 0 Å². The predicted octanol–water partition coefficient (Wildman–Crippen LogP) is 3.73. The van der Waals surface area contributed by atoms with Gasteiger partial charge in [-0.2, -0.15) is 19.2 Å². The topological polar surface area (TPSA) is 34.7 Å². The Hall–Kier alpha value is -1.32. The minimum Gasteiger partial charge on any atom is -0.422 e. The lowest BCUT2D eigenvalue weighted by Gasteiger charge is -2.10. The summed E-state index contributed by atoms with van der Waals surface area (Å²) in [4.78, 5) is 3.17. The quantitative estimate of drug-likeness (QED) is 0.645. The number of aliphatic imine (C=N–C) groups is 1. The lowest BCUT2D eigenvalue weighted by molar-refractivity contribution is -0.137. The average Bonchev–Trinajstić information content (AvgIpc) is 2.07. The molecule has 2 nitrogen and oxygen atoms in total. The van der Waals surface area contributed by atoms with Crippen molar-refractivity contribution in [3.05, 3.63) is 34.2 Å². The Morgan fingerprint density at radius 3 is 2.50 bits per heavy atom. The minimum atomic E-state index is -4.53. The van der Waals surface area contributed by atoms with Crippen molar-refractivity contribution in [3.63, 3.8) is 0 Å². The van der Waals surface area contributed by atoms with Crippen molar-refractivity contribution < 1.29 is 13.2 Å². The highest BCUT2D eigenvalue weighted by Crippen LogP contribution is 2.36. The summed E-state index contributed by atoms with van der Waals surface area (Å²) in [5, 5.41) is 7.74. The van der Waals surface area contributed by atoms with Gasteiger partial charge in [-0.3, -0.25) is 0 Å². The first-order chi connectivity index (χ1) is 6.45. The van der Waals surface area contributed by atoms with Gasteiger partial charge in [0.15, 0.2) is 0 Å². The molecule has 0 heterocycles. The fraction of sp³-hybridized carbons (Fsp3) is 0.125. The molecule has 0 aromatic heterocycles. The molecule has 1 aromatic carbocycles. The summed E-state index contributed by atoms with van der Waals surface area (Å²) >= 11 is 5.34. The zero-order valence-corrected chi connectivity index (χ0v) is 7.39. The van der Waals surface area contributed by atoms with E-state index >= 15 is 0 Å². The molecule has 1 rings (SSSR count). The van der Waals surface area contributed by atoms with E-state index in [1.54, 1.807) is 0 Å². The fourth-order valence-electron chi connectivity index (χ4n) is 0.858. The average molecular weight is 220 g/mol. The number of hydrogen-bond donors (Lipinski definition) is 0. The van der Waals surface area contributed by atoms with Gasteiger partial charge in [0.25, 0.3) is 0 Å². The lowest BCUT2D eigenvalue weighted by Crippen LogP contribution is -2.05. The Labute approximate surface area is 82.5 Å². The van der Waals surface area contributed by atoms with Crippen LogP contribution >= 0.6 is 11.6 Å². The number of alkyl halides is 3. The van der Waals surface area contributed by atoms with E-state index in [-0.39, 0.29) is 5.69 Å². The van der Waals surface area contributed by atoms with Crippen LogP contribution in [0.1, 0.15) is 5.56 Å². The molecule has 0 aliphatic rings. The molecule has 0 unspecified atom stereocenters. The SMILES string of the molecule is [N-]=C=Nc1ccc(Cl)c(C(F)(F)F)c1. The van der Waals surface area contributed by atoms with Crippen LogP contribution in [0.2, 0.25) is 5.02 Å². The summed E-state index contributed by atoms with van der Waals surface area (Å²) < 4.78 is 36.8. The van der Waals surface area contributed by atoms with E-state index in [0.29, 0.717) is 0 Å². The van der Waals surface area contributed by atoms with Crippen molar-refractivity contribution in [2.75, 3.05) is 0 Å². The van der Waals surface area contributed by atoms with Gasteiger partial charge < -0.3 is 10.4 Å². The van der Waals surface area contributed by atoms with Crippen LogP contribution in [-0.2, 0) is 6.18 Å². The van der Waals surface area contributed by atoms with Crippen LogP contribution in [0.3, 0.4) is 0 Å². The third-order valence-corrected chi connectivity index (χ3v) is 1.76. The van der Waals surface area contributed by atoms with E-state index in [0.717, 1.165) is 12.1 Å². The van der Waals surface area contributed by atoms with Gasteiger partial charge in [0, 0.05) is 0 Å². The molecular weight excluding hydrogens is 217 g/mol. The van der Waals surface area contributed by atoms with Crippen LogP contribution in [0.25, 0.3) is 5.41 Å². The van der Waals surface area contributed by atoms with Crippen LogP contribution in [0.5, 0.6) is 0 Å². The molecule has 0 amide bonds. The maximum atomic E-state index is 12.3. The summed E-state index contributed by atoms with van der Waals surface area (Å²) in [5.74, 6) is 0. The summed E-state index contributed by atoms with van der Waals surface area (Å²) in [6.45, 7) is 0. The molecule has 0 aliphatic carbocycles. The summed E-state index contributed by atoms with van der Waals surface area (Å²) in [7, 11) is 0. The van der Waals surface area contributed by atoms with Crippen molar-refractivity contribution >= 4 is 23.3 Å². The highest BCUT2D eigenvalue weighted by Gasteiger charge is 2.32. The standard InChI is InChI=1S/C8H3ClF3N2/c9-7-2-1-5(14-4-13)3-6(7)8(10,11)12/h1-3H/q-1. The van der Waals surface area contributed by atoms with Crippen molar-refractivity contribution in [2.24, 2.45) is 4.99 Å². The van der Waals surface area contributed by atoms with Gasteiger partial charge in [0.1, 0.15) is 0 Å². The molecule has 74 valence electrons. The van der Waals surface area contributed by atoms with Gasteiger partial charge in [-0.15, -0.1) is 0 Å². The Balaban J connectivity index is 3.28. The molecule has 0 fully saturated rings. The molecule has 0 N–H and O–H groups in total. The molecule has 0 saturated heterocycles. The molecular formula is C8H3ClF3N2-. The van der Waals surface area contributed by atoms with Gasteiger partial charge in [0.05, 0.1) is 10.6 Å². The van der Waals surface area contributed by atoms with Crippen LogP contribution in [0.4, 0.5) is 18.9 Å². The highest BCUT2D eigenvalue weighted by atomic mass is 35.5. The molecule has 0 radical (unpaired) electrons. The Morgan fingerprint density at radius 1 is 1.36 bits per heavy atom. The third kappa shape index (κ3) is 2.34. The second-order valence-electron chi connectivity index (χ2n) is 2.37. The van der Waals surface area contributed by atoms with Crippen LogP contribution in [0.15, 0.2) is 23.2 Å². The number of hydrogen-bond acceptors (Lipinski definition) is 1. The molecule has 14 heavy (non-hydrogen) atoms. The maximum Gasteiger partial charge on any atom is 0.417 e. The molecule has 0 spiro atoms. The van der Waals surface area contributed by atoms with Crippen molar-refractivity contribution in [1.29, 1.82) is 0 Å². The normalized spacial score (nSPS) is 10.9. The van der Waals surface area contributed by atoms with Gasteiger partial charge in [0.2, 0.25) is 0 Å². The molecule has 0 saturated carbocycles. The zero-order valence-electron chi connectivity index (χ0n) is 6.64. The van der Waals surface area contributed by atoms with E-state index in [1.165, 1.54) is 12.1 Å². The number of rotatable bonds is 1. The van der Waals surface area contributed by atoms with Gasteiger partial charge >= 0.3 is 6.18 Å². The minimum absolute atomic E-state index is 0.0655. The van der Waals surface area contributed by atoms with Gasteiger partial charge in [-0.1, -0.05) is 17.7 Å². The van der Waals surface area contributed by atoms with Gasteiger partial charge in [-0.05, 0) is 17.8 Å². The van der Waals surface area contributed by atoms with Gasteiger partial charge in [-0.25, -0.2) is 0 Å². The Morgan fingerprint density at radius 2 is 2.00 bits per heavy atom. The molecule has 0 atom stereocenters. The van der Waals surface area contributed by atoms with E-state index in [2.05, 4.69) is 4.99 Å².